The molecule has 0 fully saturated rings. The minimum Gasteiger partial charge on any atom is -0.332 e. The summed E-state index contributed by atoms with van der Waals surface area (Å²) >= 11 is 0. The summed E-state index contributed by atoms with van der Waals surface area (Å²) in [6, 6.07) is 2.52. The normalized spacial score (nSPS) is 16.6. The van der Waals surface area contributed by atoms with Gasteiger partial charge in [0.1, 0.15) is 6.04 Å². The molecule has 4 heteroatoms. The van der Waals surface area contributed by atoms with Gasteiger partial charge < -0.3 is 4.57 Å². The minimum absolute atomic E-state index is 0.129. The average molecular weight is 232 g/mol. The summed E-state index contributed by atoms with van der Waals surface area (Å²) < 4.78 is 2.15. The van der Waals surface area contributed by atoms with Gasteiger partial charge in [0.25, 0.3) is 0 Å². The lowest BCUT2D eigenvalue weighted by atomic mass is 10.0. The average Bonchev–Trinajstić information content (AvgIpc) is 2.71. The molecule has 0 saturated heterocycles. The number of hydrogen-bond donors (Lipinski definition) is 1. The van der Waals surface area contributed by atoms with Crippen LogP contribution in [0.1, 0.15) is 38.1 Å². The molecule has 1 atom stereocenters. The number of nitrogens with one attached hydrogen (secondary N) is 1. The second-order valence-electron chi connectivity index (χ2n) is 5.00. The fourth-order valence-electron chi connectivity index (χ4n) is 2.42. The van der Waals surface area contributed by atoms with Crippen molar-refractivity contribution in [1.82, 2.24) is 14.9 Å². The summed E-state index contributed by atoms with van der Waals surface area (Å²) in [7, 11) is 0. The van der Waals surface area contributed by atoms with Crippen molar-refractivity contribution < 1.29 is 0 Å². The molecule has 0 bridgehead atoms. The Morgan fingerprint density at radius 1 is 1.47 bits per heavy atom. The lowest BCUT2D eigenvalue weighted by molar-refractivity contribution is 0.466. The van der Waals surface area contributed by atoms with Crippen LogP contribution in [0.15, 0.2) is 6.33 Å². The highest BCUT2D eigenvalue weighted by Crippen LogP contribution is 2.19. The number of nitrogens with zero attached hydrogens (tertiary/aromatic N) is 3. The second-order valence-corrected chi connectivity index (χ2v) is 5.00. The van der Waals surface area contributed by atoms with Crippen LogP contribution in [0, 0.1) is 11.3 Å². The number of aromatic nitrogens is 2. The van der Waals surface area contributed by atoms with E-state index in [1.54, 1.807) is 0 Å². The molecule has 4 nitrogen and oxygen atoms in total. The Hall–Kier alpha value is -1.34. The molecule has 1 unspecified atom stereocenters. The lowest BCUT2D eigenvalue weighted by Crippen LogP contribution is -2.37. The maximum atomic E-state index is 9.13. The topological polar surface area (TPSA) is 53.6 Å². The van der Waals surface area contributed by atoms with Crippen molar-refractivity contribution in [1.29, 1.82) is 5.26 Å². The fraction of sp³-hybridized carbons (Fsp3) is 0.692. The van der Waals surface area contributed by atoms with Gasteiger partial charge in [0, 0.05) is 11.7 Å². The second kappa shape index (κ2) is 5.33. The molecule has 0 saturated carbocycles. The number of nitriles is 1. The van der Waals surface area contributed by atoms with Crippen LogP contribution in [0.25, 0.3) is 0 Å². The van der Waals surface area contributed by atoms with Gasteiger partial charge in [-0.15, -0.1) is 0 Å². The molecule has 17 heavy (non-hydrogen) atoms. The molecule has 0 radical (unpaired) electrons. The predicted molar refractivity (Wildman–Crippen MR) is 66.5 cm³/mol. The van der Waals surface area contributed by atoms with E-state index in [1.807, 2.05) is 6.33 Å². The van der Waals surface area contributed by atoms with Crippen LogP contribution < -0.4 is 5.32 Å². The Morgan fingerprint density at radius 3 is 2.94 bits per heavy atom. The molecule has 1 aliphatic carbocycles. The summed E-state index contributed by atoms with van der Waals surface area (Å²) in [6.07, 6.45) is 6.58. The summed E-state index contributed by atoms with van der Waals surface area (Å²) in [5.41, 5.74) is 2.57. The molecule has 92 valence electrons. The Morgan fingerprint density at radius 2 is 2.24 bits per heavy atom. The highest BCUT2D eigenvalue weighted by Gasteiger charge is 2.17. The Balaban J connectivity index is 2.07. The van der Waals surface area contributed by atoms with Crippen LogP contribution in [0.2, 0.25) is 0 Å². The molecule has 1 aromatic rings. The first-order valence-electron chi connectivity index (χ1n) is 6.39. The molecule has 1 aliphatic rings. The molecular weight excluding hydrogens is 212 g/mol. The van der Waals surface area contributed by atoms with Gasteiger partial charge in [-0.3, -0.25) is 5.32 Å². The molecule has 0 spiro atoms. The van der Waals surface area contributed by atoms with Crippen molar-refractivity contribution in [2.45, 2.75) is 58.2 Å². The number of imidazole rings is 1. The standard InChI is InChI=1S/C13H20N4/c1-10(2)16-11(7-14)8-17-9-15-12-5-3-4-6-13(12)17/h9-11,16H,3-6,8H2,1-2H3. The first-order valence-corrected chi connectivity index (χ1v) is 6.39. The Labute approximate surface area is 103 Å². The van der Waals surface area contributed by atoms with Gasteiger partial charge in [0.05, 0.1) is 24.6 Å². The van der Waals surface area contributed by atoms with Crippen molar-refractivity contribution in [2.75, 3.05) is 0 Å². The number of aryl methyl sites for hydroxylation is 1. The van der Waals surface area contributed by atoms with E-state index in [4.69, 9.17) is 5.26 Å². The van der Waals surface area contributed by atoms with Gasteiger partial charge in [-0.1, -0.05) is 0 Å². The Kier molecular flexibility index (Phi) is 3.80. The van der Waals surface area contributed by atoms with Gasteiger partial charge in [-0.25, -0.2) is 4.98 Å². The van der Waals surface area contributed by atoms with Crippen LogP contribution in [-0.4, -0.2) is 21.6 Å². The van der Waals surface area contributed by atoms with Crippen molar-refractivity contribution in [3.05, 3.63) is 17.7 Å². The molecule has 0 aromatic carbocycles. The predicted octanol–water partition coefficient (Wildman–Crippen LogP) is 1.65. The largest absolute Gasteiger partial charge is 0.332 e. The van der Waals surface area contributed by atoms with E-state index in [0.29, 0.717) is 12.6 Å². The van der Waals surface area contributed by atoms with Crippen molar-refractivity contribution in [2.24, 2.45) is 0 Å². The van der Waals surface area contributed by atoms with E-state index in [2.05, 4.69) is 34.8 Å². The third kappa shape index (κ3) is 2.86. The summed E-state index contributed by atoms with van der Waals surface area (Å²) in [5, 5.41) is 12.4. The molecule has 2 rings (SSSR count). The smallest absolute Gasteiger partial charge is 0.114 e. The fourth-order valence-corrected chi connectivity index (χ4v) is 2.42. The van der Waals surface area contributed by atoms with Crippen molar-refractivity contribution in [3.63, 3.8) is 0 Å². The van der Waals surface area contributed by atoms with E-state index in [9.17, 15) is 0 Å². The van der Waals surface area contributed by atoms with Crippen LogP contribution in [0.3, 0.4) is 0 Å². The maximum absolute atomic E-state index is 9.13. The summed E-state index contributed by atoms with van der Waals surface area (Å²) in [5.74, 6) is 0. The van der Waals surface area contributed by atoms with E-state index in [1.165, 1.54) is 24.2 Å². The number of rotatable bonds is 4. The lowest BCUT2D eigenvalue weighted by Gasteiger charge is -2.18. The van der Waals surface area contributed by atoms with Crippen LogP contribution in [0.5, 0.6) is 0 Å². The van der Waals surface area contributed by atoms with E-state index in [-0.39, 0.29) is 6.04 Å². The van der Waals surface area contributed by atoms with Crippen molar-refractivity contribution in [3.8, 4) is 6.07 Å². The monoisotopic (exact) mass is 232 g/mol. The van der Waals surface area contributed by atoms with Gasteiger partial charge in [-0.05, 0) is 39.5 Å². The zero-order valence-electron chi connectivity index (χ0n) is 10.6. The summed E-state index contributed by atoms with van der Waals surface area (Å²) in [6.45, 7) is 4.83. The highest BCUT2D eigenvalue weighted by molar-refractivity contribution is 5.17. The molecule has 0 aliphatic heterocycles. The number of fused-ring (bicyclic) bond motifs is 1. The van der Waals surface area contributed by atoms with E-state index >= 15 is 0 Å². The highest BCUT2D eigenvalue weighted by atomic mass is 15.1. The summed E-state index contributed by atoms with van der Waals surface area (Å²) in [4.78, 5) is 4.45. The van der Waals surface area contributed by atoms with Crippen LogP contribution >= 0.6 is 0 Å². The van der Waals surface area contributed by atoms with E-state index in [0.717, 1.165) is 12.8 Å². The zero-order chi connectivity index (χ0) is 12.3. The van der Waals surface area contributed by atoms with Gasteiger partial charge in [0.15, 0.2) is 0 Å². The molecule has 0 amide bonds. The van der Waals surface area contributed by atoms with Crippen LogP contribution in [-0.2, 0) is 19.4 Å². The van der Waals surface area contributed by atoms with E-state index < -0.39 is 0 Å². The molecule has 1 heterocycles. The van der Waals surface area contributed by atoms with Gasteiger partial charge >= 0.3 is 0 Å². The SMILES string of the molecule is CC(C)NC(C#N)Cn1cnc2c1CCCC2. The third-order valence-corrected chi connectivity index (χ3v) is 3.18. The van der Waals surface area contributed by atoms with Crippen LogP contribution in [0.4, 0.5) is 0 Å². The van der Waals surface area contributed by atoms with Gasteiger partial charge in [0.2, 0.25) is 0 Å². The zero-order valence-corrected chi connectivity index (χ0v) is 10.6. The Bertz CT molecular complexity index is 414. The quantitative estimate of drug-likeness (QED) is 0.858. The van der Waals surface area contributed by atoms with Crippen molar-refractivity contribution >= 4 is 0 Å². The maximum Gasteiger partial charge on any atom is 0.114 e. The number of hydrogen-bond acceptors (Lipinski definition) is 3. The minimum atomic E-state index is -0.129. The molecule has 1 aromatic heterocycles. The first-order chi connectivity index (χ1) is 8.20. The molecular formula is C13H20N4. The first kappa shape index (κ1) is 12.1. The third-order valence-electron chi connectivity index (χ3n) is 3.18. The van der Waals surface area contributed by atoms with Gasteiger partial charge in [-0.2, -0.15) is 5.26 Å². The molecule has 1 N–H and O–H groups in total.